The molecular formula is C23H24N10O2. The summed E-state index contributed by atoms with van der Waals surface area (Å²) in [6, 6.07) is 14.1. The number of aromatic nitrogens is 4. The van der Waals surface area contributed by atoms with Crippen LogP contribution in [0.15, 0.2) is 59.8 Å². The van der Waals surface area contributed by atoms with Crippen LogP contribution < -0.4 is 15.6 Å². The minimum absolute atomic E-state index is 0.0123. The maximum absolute atomic E-state index is 10.9. The first-order valence-corrected chi connectivity index (χ1v) is 11.1. The summed E-state index contributed by atoms with van der Waals surface area (Å²) in [4.78, 5) is 31.6. The van der Waals surface area contributed by atoms with Crippen molar-refractivity contribution >= 4 is 46.3 Å². The zero-order valence-corrected chi connectivity index (χ0v) is 19.0. The number of hydrazone groups is 1. The molecule has 0 bridgehead atoms. The van der Waals surface area contributed by atoms with Gasteiger partial charge in [0.1, 0.15) is 0 Å². The summed E-state index contributed by atoms with van der Waals surface area (Å²) in [6.45, 7) is 3.38. The molecule has 1 saturated heterocycles. The van der Waals surface area contributed by atoms with Crippen LogP contribution in [0.3, 0.4) is 0 Å². The number of hydrogen-bond donors (Lipinski definition) is 3. The van der Waals surface area contributed by atoms with Crippen LogP contribution in [0.2, 0.25) is 0 Å². The minimum Gasteiger partial charge on any atom is -0.361 e. The van der Waals surface area contributed by atoms with Crippen molar-refractivity contribution in [2.24, 2.45) is 5.10 Å². The number of likely N-dealkylation sites (N-methyl/N-ethyl adjacent to an activating group) is 1. The molecule has 0 amide bonds. The van der Waals surface area contributed by atoms with Crippen LogP contribution in [-0.4, -0.2) is 69.2 Å². The number of non-ortho nitro benzene ring substituents is 1. The molecule has 178 valence electrons. The zero-order chi connectivity index (χ0) is 24.2. The number of piperazine rings is 1. The molecule has 12 heteroatoms. The maximum Gasteiger partial charge on any atom is 0.269 e. The lowest BCUT2D eigenvalue weighted by Crippen LogP contribution is -2.45. The molecule has 0 unspecified atom stereocenters. The standard InChI is InChI=1S/C23H24N10O2/c1-31-10-12-32(13-11-31)23-28-21(26-17-6-8-18(9-7-17)33(34)35)27-22(29-23)30-25-15-16-14-24-20-5-3-2-4-19(16)20/h2-9,14-15,24H,10-13H2,1H3,(H2,26,27,28,29,30). The number of para-hydroxylation sites is 1. The predicted octanol–water partition coefficient (Wildman–Crippen LogP) is 3.20. The van der Waals surface area contributed by atoms with E-state index in [1.54, 1.807) is 18.3 Å². The highest BCUT2D eigenvalue weighted by atomic mass is 16.6. The van der Waals surface area contributed by atoms with Gasteiger partial charge in [0.25, 0.3) is 5.69 Å². The molecule has 1 aliphatic rings. The molecule has 4 aromatic rings. The molecule has 3 heterocycles. The van der Waals surface area contributed by atoms with E-state index in [4.69, 9.17) is 0 Å². The summed E-state index contributed by atoms with van der Waals surface area (Å²) in [7, 11) is 2.08. The topological polar surface area (TPSA) is 140 Å². The number of fused-ring (bicyclic) bond motifs is 1. The Morgan fingerprint density at radius 2 is 1.77 bits per heavy atom. The summed E-state index contributed by atoms with van der Waals surface area (Å²) in [6.07, 6.45) is 3.60. The fourth-order valence-corrected chi connectivity index (χ4v) is 3.77. The molecule has 0 saturated carbocycles. The van der Waals surface area contributed by atoms with Crippen LogP contribution in [-0.2, 0) is 0 Å². The molecule has 0 spiro atoms. The number of anilines is 4. The van der Waals surface area contributed by atoms with E-state index in [0.717, 1.165) is 42.6 Å². The number of nitro benzene ring substituents is 1. The lowest BCUT2D eigenvalue weighted by atomic mass is 10.2. The molecular weight excluding hydrogens is 448 g/mol. The maximum atomic E-state index is 10.9. The third-order valence-electron chi connectivity index (χ3n) is 5.73. The number of nitrogens with zero attached hydrogens (tertiary/aromatic N) is 7. The van der Waals surface area contributed by atoms with Crippen LogP contribution >= 0.6 is 0 Å². The lowest BCUT2D eigenvalue weighted by molar-refractivity contribution is -0.384. The lowest BCUT2D eigenvalue weighted by Gasteiger charge is -2.32. The Hall–Kier alpha value is -4.58. The van der Waals surface area contributed by atoms with E-state index in [1.165, 1.54) is 12.1 Å². The summed E-state index contributed by atoms with van der Waals surface area (Å²) in [5.74, 6) is 1.13. The van der Waals surface area contributed by atoms with E-state index in [0.29, 0.717) is 17.6 Å². The number of H-pyrrole nitrogens is 1. The third-order valence-corrected chi connectivity index (χ3v) is 5.73. The Morgan fingerprint density at radius 1 is 1.03 bits per heavy atom. The molecule has 1 aliphatic heterocycles. The predicted molar refractivity (Wildman–Crippen MR) is 135 cm³/mol. The van der Waals surface area contributed by atoms with Gasteiger partial charge in [-0.05, 0) is 25.2 Å². The Bertz CT molecular complexity index is 1360. The van der Waals surface area contributed by atoms with Gasteiger partial charge >= 0.3 is 0 Å². The summed E-state index contributed by atoms with van der Waals surface area (Å²) in [5.41, 5.74) is 5.51. The molecule has 35 heavy (non-hydrogen) atoms. The SMILES string of the molecule is CN1CCN(c2nc(NN=Cc3c[nH]c4ccccc34)nc(Nc3ccc([N+](=O)[O-])cc3)n2)CC1. The van der Waals surface area contributed by atoms with E-state index < -0.39 is 4.92 Å². The van der Waals surface area contributed by atoms with Gasteiger partial charge in [0.15, 0.2) is 0 Å². The highest BCUT2D eigenvalue weighted by Gasteiger charge is 2.19. The van der Waals surface area contributed by atoms with Crippen molar-refractivity contribution in [3.63, 3.8) is 0 Å². The van der Waals surface area contributed by atoms with Crippen LogP contribution in [0.4, 0.5) is 29.2 Å². The second-order valence-electron chi connectivity index (χ2n) is 8.16. The summed E-state index contributed by atoms with van der Waals surface area (Å²) in [5, 5.41) is 19.4. The number of nitro groups is 1. The van der Waals surface area contributed by atoms with Crippen molar-refractivity contribution in [2.45, 2.75) is 0 Å². The smallest absolute Gasteiger partial charge is 0.269 e. The Labute approximate surface area is 200 Å². The number of hydrogen-bond acceptors (Lipinski definition) is 10. The molecule has 12 nitrogen and oxygen atoms in total. The molecule has 0 aliphatic carbocycles. The van der Waals surface area contributed by atoms with E-state index in [2.05, 4.69) is 52.6 Å². The average molecular weight is 473 g/mol. The number of rotatable bonds is 7. The van der Waals surface area contributed by atoms with Crippen molar-refractivity contribution in [1.82, 2.24) is 24.8 Å². The Balaban J connectivity index is 1.39. The van der Waals surface area contributed by atoms with Crippen molar-refractivity contribution < 1.29 is 4.92 Å². The van der Waals surface area contributed by atoms with Crippen LogP contribution in [0, 0.1) is 10.1 Å². The van der Waals surface area contributed by atoms with Crippen molar-refractivity contribution in [3.05, 3.63) is 70.4 Å². The van der Waals surface area contributed by atoms with Gasteiger partial charge in [-0.25, -0.2) is 5.43 Å². The van der Waals surface area contributed by atoms with Crippen LogP contribution in [0.25, 0.3) is 10.9 Å². The van der Waals surface area contributed by atoms with E-state index >= 15 is 0 Å². The Kier molecular flexibility index (Phi) is 6.18. The molecule has 2 aromatic carbocycles. The molecule has 3 N–H and O–H groups in total. The van der Waals surface area contributed by atoms with Gasteiger partial charge in [-0.1, -0.05) is 18.2 Å². The van der Waals surface area contributed by atoms with E-state index in [1.807, 2.05) is 30.5 Å². The Morgan fingerprint density at radius 3 is 2.54 bits per heavy atom. The largest absolute Gasteiger partial charge is 0.361 e. The van der Waals surface area contributed by atoms with Gasteiger partial charge in [-0.2, -0.15) is 20.1 Å². The fraction of sp³-hybridized carbons (Fsp3) is 0.217. The minimum atomic E-state index is -0.439. The highest BCUT2D eigenvalue weighted by Crippen LogP contribution is 2.21. The summed E-state index contributed by atoms with van der Waals surface area (Å²) >= 11 is 0. The molecule has 1 fully saturated rings. The van der Waals surface area contributed by atoms with E-state index in [9.17, 15) is 10.1 Å². The highest BCUT2D eigenvalue weighted by molar-refractivity contribution is 5.99. The number of nitrogens with one attached hydrogen (secondary N) is 3. The molecule has 0 atom stereocenters. The third kappa shape index (κ3) is 5.17. The van der Waals surface area contributed by atoms with Gasteiger partial charge in [-0.3, -0.25) is 10.1 Å². The summed E-state index contributed by atoms with van der Waals surface area (Å²) < 4.78 is 0. The second kappa shape index (κ2) is 9.73. The van der Waals surface area contributed by atoms with Crippen LogP contribution in [0.1, 0.15) is 5.56 Å². The normalized spacial score (nSPS) is 14.5. The zero-order valence-electron chi connectivity index (χ0n) is 19.0. The first kappa shape index (κ1) is 22.2. The van der Waals surface area contributed by atoms with E-state index in [-0.39, 0.29) is 11.6 Å². The van der Waals surface area contributed by atoms with Gasteiger partial charge in [0.2, 0.25) is 17.8 Å². The number of aromatic amines is 1. The monoisotopic (exact) mass is 472 g/mol. The van der Waals surface area contributed by atoms with Crippen molar-refractivity contribution in [3.8, 4) is 0 Å². The first-order chi connectivity index (χ1) is 17.0. The first-order valence-electron chi connectivity index (χ1n) is 11.1. The number of benzene rings is 2. The molecule has 2 aromatic heterocycles. The second-order valence-corrected chi connectivity index (χ2v) is 8.16. The molecule has 0 radical (unpaired) electrons. The van der Waals surface area contributed by atoms with Gasteiger partial charge in [0.05, 0.1) is 11.1 Å². The quantitative estimate of drug-likeness (QED) is 0.210. The molecule has 5 rings (SSSR count). The van der Waals surface area contributed by atoms with Crippen molar-refractivity contribution in [1.29, 1.82) is 0 Å². The van der Waals surface area contributed by atoms with Gasteiger partial charge in [0, 0.05) is 66.7 Å². The van der Waals surface area contributed by atoms with Crippen molar-refractivity contribution in [2.75, 3.05) is 48.9 Å². The van der Waals surface area contributed by atoms with Crippen LogP contribution in [0.5, 0.6) is 0 Å². The van der Waals surface area contributed by atoms with Gasteiger partial charge < -0.3 is 20.1 Å². The fourth-order valence-electron chi connectivity index (χ4n) is 3.77. The van der Waals surface area contributed by atoms with Gasteiger partial charge in [-0.15, -0.1) is 0 Å². The average Bonchev–Trinajstić information content (AvgIpc) is 3.28.